The summed E-state index contributed by atoms with van der Waals surface area (Å²) in [6.07, 6.45) is 1.55. The number of ether oxygens (including phenoxy) is 1. The van der Waals surface area contributed by atoms with Gasteiger partial charge < -0.3 is 20.3 Å². The summed E-state index contributed by atoms with van der Waals surface area (Å²) < 4.78 is 5.15. The van der Waals surface area contributed by atoms with E-state index < -0.39 is 0 Å². The molecule has 1 aliphatic heterocycles. The second-order valence-electron chi connectivity index (χ2n) is 7.94. The summed E-state index contributed by atoms with van der Waals surface area (Å²) in [4.78, 5) is 26.6. The highest BCUT2D eigenvalue weighted by Gasteiger charge is 2.27. The number of carbonyl (C=O) groups is 2. The number of nitrogens with one attached hydrogen (secondary N) is 2. The van der Waals surface area contributed by atoms with Crippen LogP contribution in [0.25, 0.3) is 0 Å². The van der Waals surface area contributed by atoms with Crippen molar-refractivity contribution in [2.45, 2.75) is 58.0 Å². The highest BCUT2D eigenvalue weighted by Crippen LogP contribution is 2.20. The van der Waals surface area contributed by atoms with Crippen molar-refractivity contribution in [3.8, 4) is 5.75 Å². The van der Waals surface area contributed by atoms with E-state index in [1.165, 1.54) is 0 Å². The molecule has 1 aromatic rings. The van der Waals surface area contributed by atoms with Crippen molar-refractivity contribution in [3.05, 3.63) is 29.8 Å². The Morgan fingerprint density at radius 1 is 1.15 bits per heavy atom. The van der Waals surface area contributed by atoms with Crippen LogP contribution < -0.4 is 15.4 Å². The Labute approximate surface area is 156 Å². The lowest BCUT2D eigenvalue weighted by molar-refractivity contribution is -0.123. The molecular formula is C20H31N3O3. The van der Waals surface area contributed by atoms with Gasteiger partial charge in [-0.2, -0.15) is 0 Å². The van der Waals surface area contributed by atoms with E-state index >= 15 is 0 Å². The molecule has 1 heterocycles. The standard InChI is InChI=1S/C20H31N3O3/c1-14(15-6-8-17(26-5)9-7-15)18(24)21-16-10-12-23(13-11-16)19(25)22-20(2,3)4/h6-9,14,16H,10-13H2,1-5H3,(H,21,24)(H,22,25). The molecule has 2 N–H and O–H groups in total. The maximum atomic E-state index is 12.5. The number of methoxy groups -OCH3 is 1. The van der Waals surface area contributed by atoms with E-state index in [1.54, 1.807) is 7.11 Å². The molecule has 0 spiro atoms. The maximum Gasteiger partial charge on any atom is 0.317 e. The second kappa shape index (κ2) is 8.43. The largest absolute Gasteiger partial charge is 0.497 e. The van der Waals surface area contributed by atoms with Gasteiger partial charge in [0.25, 0.3) is 0 Å². The topological polar surface area (TPSA) is 70.7 Å². The molecule has 26 heavy (non-hydrogen) atoms. The Morgan fingerprint density at radius 2 is 1.73 bits per heavy atom. The number of likely N-dealkylation sites (tertiary alicyclic amines) is 1. The van der Waals surface area contributed by atoms with E-state index in [9.17, 15) is 9.59 Å². The fourth-order valence-electron chi connectivity index (χ4n) is 3.00. The second-order valence-corrected chi connectivity index (χ2v) is 7.94. The minimum absolute atomic E-state index is 0.0211. The fourth-order valence-corrected chi connectivity index (χ4v) is 3.00. The Balaban J connectivity index is 1.82. The normalized spacial score (nSPS) is 16.7. The van der Waals surface area contributed by atoms with Gasteiger partial charge in [0.1, 0.15) is 5.75 Å². The molecule has 1 aliphatic rings. The van der Waals surface area contributed by atoms with Crippen LogP contribution in [0.5, 0.6) is 5.75 Å². The minimum atomic E-state index is -0.240. The number of carbonyl (C=O) groups excluding carboxylic acids is 2. The summed E-state index contributed by atoms with van der Waals surface area (Å²) in [5, 5.41) is 6.11. The van der Waals surface area contributed by atoms with Crippen LogP contribution in [0.1, 0.15) is 52.0 Å². The molecule has 6 heteroatoms. The first-order valence-corrected chi connectivity index (χ1v) is 9.21. The fraction of sp³-hybridized carbons (Fsp3) is 0.600. The monoisotopic (exact) mass is 361 g/mol. The average Bonchev–Trinajstić information content (AvgIpc) is 2.60. The molecule has 1 aromatic carbocycles. The highest BCUT2D eigenvalue weighted by molar-refractivity contribution is 5.83. The Bertz CT molecular complexity index is 614. The summed E-state index contributed by atoms with van der Waals surface area (Å²) in [5.74, 6) is 0.582. The lowest BCUT2D eigenvalue weighted by Crippen LogP contribution is -2.53. The first-order valence-electron chi connectivity index (χ1n) is 9.21. The Kier molecular flexibility index (Phi) is 6.51. The van der Waals surface area contributed by atoms with Crippen LogP contribution in [0.15, 0.2) is 24.3 Å². The van der Waals surface area contributed by atoms with E-state index in [-0.39, 0.29) is 29.4 Å². The van der Waals surface area contributed by atoms with Crippen molar-refractivity contribution in [3.63, 3.8) is 0 Å². The zero-order valence-corrected chi connectivity index (χ0v) is 16.5. The van der Waals surface area contributed by atoms with E-state index in [4.69, 9.17) is 4.74 Å². The molecule has 1 unspecified atom stereocenters. The van der Waals surface area contributed by atoms with Crippen molar-refractivity contribution in [1.82, 2.24) is 15.5 Å². The Hall–Kier alpha value is -2.24. The molecule has 6 nitrogen and oxygen atoms in total. The predicted molar refractivity (Wildman–Crippen MR) is 102 cm³/mol. The summed E-state index contributed by atoms with van der Waals surface area (Å²) in [5.41, 5.74) is 0.723. The zero-order chi connectivity index (χ0) is 19.3. The number of hydrogen-bond donors (Lipinski definition) is 2. The molecule has 2 rings (SSSR count). The molecule has 0 radical (unpaired) electrons. The SMILES string of the molecule is COc1ccc(C(C)C(=O)NC2CCN(C(=O)NC(C)(C)C)CC2)cc1. The highest BCUT2D eigenvalue weighted by atomic mass is 16.5. The molecule has 1 fully saturated rings. The molecule has 0 saturated carbocycles. The smallest absolute Gasteiger partial charge is 0.317 e. The minimum Gasteiger partial charge on any atom is -0.497 e. The van der Waals surface area contributed by atoms with Gasteiger partial charge >= 0.3 is 6.03 Å². The first-order chi connectivity index (χ1) is 12.2. The van der Waals surface area contributed by atoms with Crippen molar-refractivity contribution >= 4 is 11.9 Å². The molecule has 1 atom stereocenters. The number of hydrogen-bond acceptors (Lipinski definition) is 3. The van der Waals surface area contributed by atoms with Gasteiger partial charge in [-0.05, 0) is 58.2 Å². The van der Waals surface area contributed by atoms with Gasteiger partial charge in [-0.3, -0.25) is 4.79 Å². The first kappa shape index (κ1) is 20.1. The van der Waals surface area contributed by atoms with Crippen LogP contribution in [0.2, 0.25) is 0 Å². The van der Waals surface area contributed by atoms with Gasteiger partial charge in [0.05, 0.1) is 13.0 Å². The van der Waals surface area contributed by atoms with Crippen LogP contribution in [0, 0.1) is 0 Å². The van der Waals surface area contributed by atoms with E-state index in [0.717, 1.165) is 24.2 Å². The number of benzene rings is 1. The quantitative estimate of drug-likeness (QED) is 0.866. The van der Waals surface area contributed by atoms with Crippen LogP contribution in [0.3, 0.4) is 0 Å². The summed E-state index contributed by atoms with van der Waals surface area (Å²) in [7, 11) is 1.62. The van der Waals surface area contributed by atoms with Gasteiger partial charge in [0, 0.05) is 24.7 Å². The molecular weight excluding hydrogens is 330 g/mol. The molecule has 144 valence electrons. The summed E-state index contributed by atoms with van der Waals surface area (Å²) in [6.45, 7) is 9.13. The van der Waals surface area contributed by atoms with Gasteiger partial charge in [-0.25, -0.2) is 4.79 Å². The molecule has 0 aromatic heterocycles. The molecule has 3 amide bonds. The molecule has 1 saturated heterocycles. The van der Waals surface area contributed by atoms with E-state index in [0.29, 0.717) is 13.1 Å². The van der Waals surface area contributed by atoms with Crippen molar-refractivity contribution < 1.29 is 14.3 Å². The molecule has 0 bridgehead atoms. The third kappa shape index (κ3) is 5.64. The number of rotatable bonds is 4. The average molecular weight is 361 g/mol. The lowest BCUT2D eigenvalue weighted by Gasteiger charge is -2.34. The van der Waals surface area contributed by atoms with E-state index in [2.05, 4.69) is 10.6 Å². The third-order valence-corrected chi connectivity index (χ3v) is 4.62. The van der Waals surface area contributed by atoms with Crippen LogP contribution in [-0.2, 0) is 4.79 Å². The number of piperidine rings is 1. The van der Waals surface area contributed by atoms with Crippen molar-refractivity contribution in [1.29, 1.82) is 0 Å². The summed E-state index contributed by atoms with van der Waals surface area (Å²) in [6, 6.07) is 7.65. The van der Waals surface area contributed by atoms with Gasteiger partial charge in [0.2, 0.25) is 5.91 Å². The van der Waals surface area contributed by atoms with Gasteiger partial charge in [-0.1, -0.05) is 12.1 Å². The number of urea groups is 1. The molecule has 0 aliphatic carbocycles. The summed E-state index contributed by atoms with van der Waals surface area (Å²) >= 11 is 0. The predicted octanol–water partition coefficient (Wildman–Crippen LogP) is 2.89. The van der Waals surface area contributed by atoms with Gasteiger partial charge in [0.15, 0.2) is 0 Å². The Morgan fingerprint density at radius 3 is 2.23 bits per heavy atom. The maximum absolute atomic E-state index is 12.5. The van der Waals surface area contributed by atoms with Crippen molar-refractivity contribution in [2.75, 3.05) is 20.2 Å². The van der Waals surface area contributed by atoms with Crippen LogP contribution in [-0.4, -0.2) is 48.6 Å². The van der Waals surface area contributed by atoms with Gasteiger partial charge in [-0.15, -0.1) is 0 Å². The van der Waals surface area contributed by atoms with E-state index in [1.807, 2.05) is 56.9 Å². The zero-order valence-electron chi connectivity index (χ0n) is 16.5. The number of amides is 3. The van der Waals surface area contributed by atoms with Crippen LogP contribution in [0.4, 0.5) is 4.79 Å². The lowest BCUT2D eigenvalue weighted by atomic mass is 9.98. The third-order valence-electron chi connectivity index (χ3n) is 4.62. The van der Waals surface area contributed by atoms with Crippen molar-refractivity contribution in [2.24, 2.45) is 0 Å². The number of nitrogens with zero attached hydrogens (tertiary/aromatic N) is 1. The van der Waals surface area contributed by atoms with Crippen LogP contribution >= 0.6 is 0 Å².